The minimum Gasteiger partial charge on any atom is -0.497 e. The zero-order valence-corrected chi connectivity index (χ0v) is 14.3. The number of amides is 1. The number of aryl methyl sites for hydroxylation is 1. The maximum Gasteiger partial charge on any atom is 0.259 e. The van der Waals surface area contributed by atoms with Gasteiger partial charge in [0.15, 0.2) is 0 Å². The molecule has 0 spiro atoms. The van der Waals surface area contributed by atoms with Crippen molar-refractivity contribution in [3.05, 3.63) is 70.6 Å². The van der Waals surface area contributed by atoms with E-state index in [1.54, 1.807) is 35.9 Å². The van der Waals surface area contributed by atoms with Crippen LogP contribution in [-0.4, -0.2) is 22.8 Å². The number of hydrogen-bond donors (Lipinski definition) is 1. The molecule has 1 amide bonds. The Balaban J connectivity index is 1.92. The lowest BCUT2D eigenvalue weighted by molar-refractivity contribution is 0.102. The van der Waals surface area contributed by atoms with Gasteiger partial charge >= 0.3 is 0 Å². The van der Waals surface area contributed by atoms with Gasteiger partial charge in [0, 0.05) is 17.2 Å². The average Bonchev–Trinajstić information content (AvgIpc) is 2.94. The van der Waals surface area contributed by atoms with E-state index in [0.29, 0.717) is 28.0 Å². The number of hydrogen-bond acceptors (Lipinski definition) is 3. The molecule has 128 valence electrons. The second kappa shape index (κ2) is 6.94. The maximum absolute atomic E-state index is 14.1. The standard InChI is InChI=1S/C18H15ClFN3O2/c1-11-8-17(23(22-11)13-5-3-4-12(19)9-13)21-18(24)15-7-6-14(25-2)10-16(15)20/h3-10H,1-2H3,(H,21,24). The van der Waals surface area contributed by atoms with Crippen LogP contribution in [0.1, 0.15) is 16.1 Å². The molecule has 0 unspecified atom stereocenters. The molecule has 25 heavy (non-hydrogen) atoms. The normalized spacial score (nSPS) is 10.6. The number of anilines is 1. The molecule has 0 radical (unpaired) electrons. The van der Waals surface area contributed by atoms with Crippen LogP contribution in [0.3, 0.4) is 0 Å². The first-order valence-electron chi connectivity index (χ1n) is 7.45. The molecule has 0 aliphatic carbocycles. The minimum atomic E-state index is -0.664. The highest BCUT2D eigenvalue weighted by molar-refractivity contribution is 6.30. The molecule has 7 heteroatoms. The number of nitrogens with one attached hydrogen (secondary N) is 1. The fourth-order valence-corrected chi connectivity index (χ4v) is 2.57. The van der Waals surface area contributed by atoms with E-state index in [9.17, 15) is 9.18 Å². The summed E-state index contributed by atoms with van der Waals surface area (Å²) >= 11 is 6.01. The number of aromatic nitrogens is 2. The summed E-state index contributed by atoms with van der Waals surface area (Å²) in [6, 6.07) is 12.8. The number of benzene rings is 2. The molecule has 1 aromatic heterocycles. The lowest BCUT2D eigenvalue weighted by Gasteiger charge is -2.10. The van der Waals surface area contributed by atoms with Crippen molar-refractivity contribution in [1.29, 1.82) is 0 Å². The number of carbonyl (C=O) groups excluding carboxylic acids is 1. The van der Waals surface area contributed by atoms with E-state index in [4.69, 9.17) is 16.3 Å². The zero-order chi connectivity index (χ0) is 18.0. The van der Waals surface area contributed by atoms with E-state index in [0.717, 1.165) is 6.07 Å². The van der Waals surface area contributed by atoms with Gasteiger partial charge in [0.05, 0.1) is 24.1 Å². The number of halogens is 2. The van der Waals surface area contributed by atoms with Crippen LogP contribution in [-0.2, 0) is 0 Å². The molecule has 2 aromatic carbocycles. The molecule has 1 N–H and O–H groups in total. The molecule has 1 heterocycles. The van der Waals surface area contributed by atoms with Crippen molar-refractivity contribution in [2.75, 3.05) is 12.4 Å². The van der Waals surface area contributed by atoms with Crippen molar-refractivity contribution >= 4 is 23.3 Å². The first-order chi connectivity index (χ1) is 12.0. The Labute approximate surface area is 149 Å². The van der Waals surface area contributed by atoms with Crippen LogP contribution in [0.15, 0.2) is 48.5 Å². The molecular formula is C18H15ClFN3O2. The van der Waals surface area contributed by atoms with Gasteiger partial charge in [0.1, 0.15) is 17.4 Å². The quantitative estimate of drug-likeness (QED) is 0.758. The Morgan fingerprint density at radius 3 is 2.72 bits per heavy atom. The van der Waals surface area contributed by atoms with Crippen LogP contribution >= 0.6 is 11.6 Å². The van der Waals surface area contributed by atoms with Gasteiger partial charge in [-0.25, -0.2) is 9.07 Å². The molecule has 0 saturated carbocycles. The maximum atomic E-state index is 14.1. The van der Waals surface area contributed by atoms with Crippen LogP contribution in [0, 0.1) is 12.7 Å². The molecule has 0 fully saturated rings. The Morgan fingerprint density at radius 2 is 2.04 bits per heavy atom. The third-order valence-electron chi connectivity index (χ3n) is 3.55. The van der Waals surface area contributed by atoms with Gasteiger partial charge in [-0.15, -0.1) is 0 Å². The van der Waals surface area contributed by atoms with Gasteiger partial charge in [0.2, 0.25) is 0 Å². The molecule has 3 aromatic rings. The van der Waals surface area contributed by atoms with Crippen molar-refractivity contribution in [2.45, 2.75) is 6.92 Å². The van der Waals surface area contributed by atoms with E-state index in [1.807, 2.05) is 6.07 Å². The number of methoxy groups -OCH3 is 1. The van der Waals surface area contributed by atoms with Crippen molar-refractivity contribution < 1.29 is 13.9 Å². The number of carbonyl (C=O) groups is 1. The third kappa shape index (κ3) is 3.64. The van der Waals surface area contributed by atoms with Gasteiger partial charge in [-0.05, 0) is 37.3 Å². The lowest BCUT2D eigenvalue weighted by Crippen LogP contribution is -2.16. The van der Waals surface area contributed by atoms with E-state index in [-0.39, 0.29) is 5.56 Å². The summed E-state index contributed by atoms with van der Waals surface area (Å²) < 4.78 is 20.6. The topological polar surface area (TPSA) is 56.1 Å². The summed E-state index contributed by atoms with van der Waals surface area (Å²) in [6.45, 7) is 1.80. The second-order valence-corrected chi connectivity index (χ2v) is 5.80. The third-order valence-corrected chi connectivity index (χ3v) is 3.78. The van der Waals surface area contributed by atoms with Crippen LogP contribution in [0.4, 0.5) is 10.2 Å². The summed E-state index contributed by atoms with van der Waals surface area (Å²) in [5.74, 6) is -0.487. The van der Waals surface area contributed by atoms with Gasteiger partial charge in [-0.3, -0.25) is 4.79 Å². The van der Waals surface area contributed by atoms with E-state index < -0.39 is 11.7 Å². The zero-order valence-electron chi connectivity index (χ0n) is 13.6. The smallest absolute Gasteiger partial charge is 0.259 e. The number of nitrogens with zero attached hydrogens (tertiary/aromatic N) is 2. The summed E-state index contributed by atoms with van der Waals surface area (Å²) in [4.78, 5) is 12.4. The van der Waals surface area contributed by atoms with Crippen LogP contribution in [0.2, 0.25) is 5.02 Å². The SMILES string of the molecule is COc1ccc(C(=O)Nc2cc(C)nn2-c2cccc(Cl)c2)c(F)c1. The Hall–Kier alpha value is -2.86. The van der Waals surface area contributed by atoms with Crippen molar-refractivity contribution in [3.63, 3.8) is 0 Å². The van der Waals surface area contributed by atoms with Gasteiger partial charge in [-0.1, -0.05) is 17.7 Å². The van der Waals surface area contributed by atoms with Crippen LogP contribution in [0.25, 0.3) is 5.69 Å². The Kier molecular flexibility index (Phi) is 4.72. The largest absolute Gasteiger partial charge is 0.497 e. The van der Waals surface area contributed by atoms with Gasteiger partial charge in [-0.2, -0.15) is 5.10 Å². The molecule has 0 atom stereocenters. The average molecular weight is 360 g/mol. The molecule has 5 nitrogen and oxygen atoms in total. The Bertz CT molecular complexity index is 940. The van der Waals surface area contributed by atoms with Gasteiger partial charge in [0.25, 0.3) is 5.91 Å². The highest BCUT2D eigenvalue weighted by atomic mass is 35.5. The second-order valence-electron chi connectivity index (χ2n) is 5.36. The molecular weight excluding hydrogens is 345 g/mol. The van der Waals surface area contributed by atoms with Crippen LogP contribution < -0.4 is 10.1 Å². The van der Waals surface area contributed by atoms with Crippen molar-refractivity contribution in [3.8, 4) is 11.4 Å². The molecule has 0 aliphatic heterocycles. The number of ether oxygens (including phenoxy) is 1. The Morgan fingerprint density at radius 1 is 1.24 bits per heavy atom. The lowest BCUT2D eigenvalue weighted by atomic mass is 10.2. The summed E-state index contributed by atoms with van der Waals surface area (Å²) in [5.41, 5.74) is 1.30. The molecule has 0 saturated heterocycles. The first-order valence-corrected chi connectivity index (χ1v) is 7.83. The van der Waals surface area contributed by atoms with Gasteiger partial charge < -0.3 is 10.1 Å². The molecule has 3 rings (SSSR count). The fraction of sp³-hybridized carbons (Fsp3) is 0.111. The monoisotopic (exact) mass is 359 g/mol. The minimum absolute atomic E-state index is 0.0858. The highest BCUT2D eigenvalue weighted by Crippen LogP contribution is 2.22. The summed E-state index contributed by atoms with van der Waals surface area (Å²) in [5, 5.41) is 7.58. The van der Waals surface area contributed by atoms with E-state index >= 15 is 0 Å². The highest BCUT2D eigenvalue weighted by Gasteiger charge is 2.16. The van der Waals surface area contributed by atoms with Crippen molar-refractivity contribution in [2.24, 2.45) is 0 Å². The van der Waals surface area contributed by atoms with E-state index in [2.05, 4.69) is 10.4 Å². The predicted octanol–water partition coefficient (Wildman–Crippen LogP) is 4.23. The van der Waals surface area contributed by atoms with Crippen LogP contribution in [0.5, 0.6) is 5.75 Å². The molecule has 0 aliphatic rings. The number of rotatable bonds is 4. The predicted molar refractivity (Wildman–Crippen MR) is 94.2 cm³/mol. The molecule has 0 bridgehead atoms. The summed E-state index contributed by atoms with van der Waals surface area (Å²) in [6.07, 6.45) is 0. The first kappa shape index (κ1) is 17.0. The fourth-order valence-electron chi connectivity index (χ4n) is 2.38. The van der Waals surface area contributed by atoms with E-state index in [1.165, 1.54) is 19.2 Å². The van der Waals surface area contributed by atoms with Crippen molar-refractivity contribution in [1.82, 2.24) is 9.78 Å². The summed E-state index contributed by atoms with van der Waals surface area (Å²) in [7, 11) is 1.43.